The van der Waals surface area contributed by atoms with E-state index in [1.54, 1.807) is 24.8 Å². The molecule has 1 unspecified atom stereocenters. The fraction of sp³-hybridized carbons (Fsp3) is 0.435. The second-order valence-electron chi connectivity index (χ2n) is 6.74. The number of alkyl halides is 3. The number of aryl methyl sites for hydroxylation is 1. The number of hydrogen-bond acceptors (Lipinski definition) is 6. The lowest BCUT2D eigenvalue weighted by Crippen LogP contribution is -2.24. The summed E-state index contributed by atoms with van der Waals surface area (Å²) in [6, 6.07) is 10.2. The van der Waals surface area contributed by atoms with Crippen molar-refractivity contribution in [3.63, 3.8) is 0 Å². The average Bonchev–Trinajstić information content (AvgIpc) is 2.75. The van der Waals surface area contributed by atoms with Crippen molar-refractivity contribution in [2.75, 3.05) is 32.2 Å². The van der Waals surface area contributed by atoms with Gasteiger partial charge in [0, 0.05) is 17.3 Å². The molecule has 2 aromatic carbocycles. The maximum atomic E-state index is 12.7. The van der Waals surface area contributed by atoms with Gasteiger partial charge in [0.25, 0.3) is 0 Å². The summed E-state index contributed by atoms with van der Waals surface area (Å²) in [5.41, 5.74) is 0.167. The molecule has 0 saturated heterocycles. The molecule has 0 saturated carbocycles. The monoisotopic (exact) mass is 472 g/mol. The standard InChI is InChI=1S/C23H27F3O5S/c1-4-28-19(13-30-18-8-6-17(7-9-18)23(24,25)26)15-32-20-10-11-21(16(3)12-20)31-14-22(27)29-5-2/h6-12,19H,4-5,13-15H2,1-3H3. The average molecular weight is 473 g/mol. The lowest BCUT2D eigenvalue weighted by Gasteiger charge is -2.18. The highest BCUT2D eigenvalue weighted by Crippen LogP contribution is 2.30. The van der Waals surface area contributed by atoms with E-state index in [0.717, 1.165) is 22.6 Å². The molecule has 1 atom stereocenters. The van der Waals surface area contributed by atoms with Gasteiger partial charge < -0.3 is 18.9 Å². The molecule has 176 valence electrons. The summed E-state index contributed by atoms with van der Waals surface area (Å²) in [5.74, 6) is 1.13. The lowest BCUT2D eigenvalue weighted by molar-refractivity contribution is -0.145. The number of ether oxygens (including phenoxy) is 4. The third-order valence-electron chi connectivity index (χ3n) is 4.25. The highest BCUT2D eigenvalue weighted by atomic mass is 32.2. The van der Waals surface area contributed by atoms with Gasteiger partial charge in [-0.05, 0) is 68.8 Å². The molecule has 32 heavy (non-hydrogen) atoms. The van der Waals surface area contributed by atoms with E-state index < -0.39 is 17.7 Å². The van der Waals surface area contributed by atoms with Crippen molar-refractivity contribution < 1.29 is 36.9 Å². The number of rotatable bonds is 12. The van der Waals surface area contributed by atoms with Crippen LogP contribution >= 0.6 is 11.8 Å². The molecular formula is C23H27F3O5S. The molecule has 0 aromatic heterocycles. The van der Waals surface area contributed by atoms with Gasteiger partial charge in [-0.3, -0.25) is 0 Å². The Labute approximate surface area is 190 Å². The lowest BCUT2D eigenvalue weighted by atomic mass is 10.2. The number of benzene rings is 2. The summed E-state index contributed by atoms with van der Waals surface area (Å²) in [6.07, 6.45) is -4.62. The first-order valence-electron chi connectivity index (χ1n) is 10.2. The zero-order chi connectivity index (χ0) is 23.6. The molecule has 0 radical (unpaired) electrons. The Morgan fingerprint density at radius 2 is 1.75 bits per heavy atom. The van der Waals surface area contributed by atoms with Crippen molar-refractivity contribution >= 4 is 17.7 Å². The van der Waals surface area contributed by atoms with E-state index >= 15 is 0 Å². The van der Waals surface area contributed by atoms with Gasteiger partial charge in [-0.2, -0.15) is 13.2 Å². The molecule has 0 amide bonds. The number of halogens is 3. The first kappa shape index (κ1) is 25.9. The highest BCUT2D eigenvalue weighted by Gasteiger charge is 2.30. The SMILES string of the molecule is CCOC(=O)COc1ccc(SCC(COc2ccc(C(F)(F)F)cc2)OCC)cc1C. The van der Waals surface area contributed by atoms with Gasteiger partial charge in [-0.25, -0.2) is 4.79 Å². The minimum atomic E-state index is -4.37. The van der Waals surface area contributed by atoms with Gasteiger partial charge in [0.1, 0.15) is 24.2 Å². The molecule has 0 N–H and O–H groups in total. The molecule has 0 spiro atoms. The minimum absolute atomic E-state index is 0.144. The molecule has 0 heterocycles. The predicted molar refractivity (Wildman–Crippen MR) is 116 cm³/mol. The van der Waals surface area contributed by atoms with Crippen LogP contribution in [-0.4, -0.2) is 44.3 Å². The molecule has 2 rings (SSSR count). The van der Waals surface area contributed by atoms with Crippen LogP contribution in [0, 0.1) is 6.92 Å². The second-order valence-corrected chi connectivity index (χ2v) is 7.84. The molecule has 5 nitrogen and oxygen atoms in total. The maximum Gasteiger partial charge on any atom is 0.416 e. The van der Waals surface area contributed by atoms with E-state index in [1.807, 2.05) is 26.0 Å². The summed E-state index contributed by atoms with van der Waals surface area (Å²) >= 11 is 1.56. The molecule has 0 bridgehead atoms. The van der Waals surface area contributed by atoms with E-state index in [9.17, 15) is 18.0 Å². The zero-order valence-corrected chi connectivity index (χ0v) is 19.1. The first-order chi connectivity index (χ1) is 15.2. The normalized spacial score (nSPS) is 12.3. The summed E-state index contributed by atoms with van der Waals surface area (Å²) in [5, 5.41) is 0. The number of carbonyl (C=O) groups is 1. The highest BCUT2D eigenvalue weighted by molar-refractivity contribution is 7.99. The Morgan fingerprint density at radius 3 is 2.34 bits per heavy atom. The van der Waals surface area contributed by atoms with E-state index in [1.165, 1.54) is 12.1 Å². The second kappa shape index (κ2) is 12.6. The topological polar surface area (TPSA) is 54.0 Å². The maximum absolute atomic E-state index is 12.7. The quantitative estimate of drug-likeness (QED) is 0.299. The van der Waals surface area contributed by atoms with Gasteiger partial charge in [0.05, 0.1) is 12.2 Å². The van der Waals surface area contributed by atoms with Gasteiger partial charge in [0.2, 0.25) is 0 Å². The summed E-state index contributed by atoms with van der Waals surface area (Å²) in [6.45, 7) is 6.36. The van der Waals surface area contributed by atoms with Crippen LogP contribution in [0.2, 0.25) is 0 Å². The Kier molecular flexibility index (Phi) is 10.2. The van der Waals surface area contributed by atoms with Crippen molar-refractivity contribution in [1.82, 2.24) is 0 Å². The van der Waals surface area contributed by atoms with Crippen LogP contribution in [0.3, 0.4) is 0 Å². The Balaban J connectivity index is 1.87. The summed E-state index contributed by atoms with van der Waals surface area (Å²) in [4.78, 5) is 12.4. The van der Waals surface area contributed by atoms with Gasteiger partial charge >= 0.3 is 12.1 Å². The Bertz CT molecular complexity index is 856. The van der Waals surface area contributed by atoms with Gasteiger partial charge in [-0.15, -0.1) is 11.8 Å². The fourth-order valence-corrected chi connectivity index (χ4v) is 3.71. The van der Waals surface area contributed by atoms with E-state index in [2.05, 4.69) is 0 Å². The largest absolute Gasteiger partial charge is 0.491 e. The summed E-state index contributed by atoms with van der Waals surface area (Å²) in [7, 11) is 0. The molecule has 9 heteroatoms. The third kappa shape index (κ3) is 8.63. The minimum Gasteiger partial charge on any atom is -0.491 e. The molecule has 0 aliphatic carbocycles. The molecule has 2 aromatic rings. The number of esters is 1. The van der Waals surface area contributed by atoms with Crippen LogP contribution in [0.25, 0.3) is 0 Å². The van der Waals surface area contributed by atoms with Gasteiger partial charge in [-0.1, -0.05) is 0 Å². The van der Waals surface area contributed by atoms with Crippen molar-refractivity contribution in [2.24, 2.45) is 0 Å². The molecular weight excluding hydrogens is 445 g/mol. The van der Waals surface area contributed by atoms with Crippen LogP contribution in [0.1, 0.15) is 25.0 Å². The number of hydrogen-bond donors (Lipinski definition) is 0. The van der Waals surface area contributed by atoms with Crippen molar-refractivity contribution in [2.45, 2.75) is 37.9 Å². The van der Waals surface area contributed by atoms with E-state index in [-0.39, 0.29) is 19.3 Å². The molecule has 0 aliphatic heterocycles. The molecule has 0 fully saturated rings. The van der Waals surface area contributed by atoms with Crippen LogP contribution in [-0.2, 0) is 20.4 Å². The van der Waals surface area contributed by atoms with Crippen molar-refractivity contribution in [3.05, 3.63) is 53.6 Å². The Morgan fingerprint density at radius 1 is 1.03 bits per heavy atom. The molecule has 0 aliphatic rings. The smallest absolute Gasteiger partial charge is 0.416 e. The van der Waals surface area contributed by atoms with Crippen LogP contribution in [0.4, 0.5) is 13.2 Å². The summed E-state index contributed by atoms with van der Waals surface area (Å²) < 4.78 is 59.7. The zero-order valence-electron chi connectivity index (χ0n) is 18.2. The first-order valence-corrected chi connectivity index (χ1v) is 11.1. The third-order valence-corrected chi connectivity index (χ3v) is 5.38. The van der Waals surface area contributed by atoms with E-state index in [4.69, 9.17) is 18.9 Å². The van der Waals surface area contributed by atoms with Gasteiger partial charge in [0.15, 0.2) is 6.61 Å². The predicted octanol–water partition coefficient (Wildman–Crippen LogP) is 5.53. The van der Waals surface area contributed by atoms with Crippen LogP contribution in [0.15, 0.2) is 47.4 Å². The number of carbonyl (C=O) groups excluding carboxylic acids is 1. The Hall–Kier alpha value is -2.39. The fourth-order valence-electron chi connectivity index (χ4n) is 2.71. The van der Waals surface area contributed by atoms with E-state index in [0.29, 0.717) is 30.5 Å². The van der Waals surface area contributed by atoms with Crippen LogP contribution < -0.4 is 9.47 Å². The number of thioether (sulfide) groups is 1. The van der Waals surface area contributed by atoms with Crippen molar-refractivity contribution in [3.8, 4) is 11.5 Å². The van der Waals surface area contributed by atoms with Crippen molar-refractivity contribution in [1.29, 1.82) is 0 Å². The van der Waals surface area contributed by atoms with Crippen LogP contribution in [0.5, 0.6) is 11.5 Å².